The van der Waals surface area contributed by atoms with Crippen molar-refractivity contribution in [2.45, 2.75) is 19.4 Å². The fourth-order valence-electron chi connectivity index (χ4n) is 2.77. The Labute approximate surface area is 130 Å². The minimum absolute atomic E-state index is 0.230. The molecule has 0 aliphatic carbocycles. The largest absolute Gasteiger partial charge is 0.497 e. The second-order valence-corrected chi connectivity index (χ2v) is 5.35. The van der Waals surface area contributed by atoms with E-state index < -0.39 is 0 Å². The molecule has 0 fully saturated rings. The van der Waals surface area contributed by atoms with Crippen molar-refractivity contribution < 1.29 is 14.3 Å². The van der Waals surface area contributed by atoms with Gasteiger partial charge in [-0.3, -0.25) is 0 Å². The van der Waals surface area contributed by atoms with E-state index in [2.05, 4.69) is 0 Å². The molecule has 1 aliphatic heterocycles. The van der Waals surface area contributed by atoms with E-state index in [1.165, 1.54) is 0 Å². The van der Waals surface area contributed by atoms with Crippen LogP contribution in [0.2, 0.25) is 0 Å². The van der Waals surface area contributed by atoms with Crippen LogP contribution in [0.3, 0.4) is 0 Å². The molecule has 0 aromatic heterocycles. The maximum absolute atomic E-state index is 12.0. The van der Waals surface area contributed by atoms with Gasteiger partial charge in [0.2, 0.25) is 0 Å². The zero-order chi connectivity index (χ0) is 15.5. The molecule has 1 atom stereocenters. The average Bonchev–Trinajstić information content (AvgIpc) is 2.83. The Morgan fingerprint density at radius 3 is 2.36 bits per heavy atom. The van der Waals surface area contributed by atoms with E-state index in [0.29, 0.717) is 12.0 Å². The van der Waals surface area contributed by atoms with Crippen LogP contribution in [0.15, 0.2) is 60.2 Å². The van der Waals surface area contributed by atoms with Crippen LogP contribution < -0.4 is 4.74 Å². The van der Waals surface area contributed by atoms with Crippen LogP contribution in [0, 0.1) is 0 Å². The molecule has 1 aliphatic rings. The number of carbonyl (C=O) groups is 1. The van der Waals surface area contributed by atoms with Crippen molar-refractivity contribution in [2.75, 3.05) is 7.11 Å². The summed E-state index contributed by atoms with van der Waals surface area (Å²) in [6.07, 6.45) is 0.453. The van der Waals surface area contributed by atoms with Gasteiger partial charge in [0.15, 0.2) is 0 Å². The molecule has 112 valence electrons. The molecule has 22 heavy (non-hydrogen) atoms. The van der Waals surface area contributed by atoms with Gasteiger partial charge in [0, 0.05) is 17.6 Å². The van der Waals surface area contributed by atoms with E-state index in [4.69, 9.17) is 9.47 Å². The first-order valence-electron chi connectivity index (χ1n) is 7.29. The van der Waals surface area contributed by atoms with Gasteiger partial charge in [0.05, 0.1) is 7.11 Å². The molecule has 0 saturated heterocycles. The van der Waals surface area contributed by atoms with Crippen molar-refractivity contribution >= 4 is 11.5 Å². The van der Waals surface area contributed by atoms with E-state index in [1.54, 1.807) is 7.11 Å². The number of esters is 1. The molecular formula is C19H18O3. The van der Waals surface area contributed by atoms with E-state index in [-0.39, 0.29) is 12.1 Å². The minimum Gasteiger partial charge on any atom is -0.497 e. The second-order valence-electron chi connectivity index (χ2n) is 5.35. The molecule has 3 nitrogen and oxygen atoms in total. The predicted octanol–water partition coefficient (Wildman–Crippen LogP) is 3.64. The van der Waals surface area contributed by atoms with Gasteiger partial charge in [-0.05, 0) is 30.2 Å². The first kappa shape index (κ1) is 14.4. The van der Waals surface area contributed by atoms with Gasteiger partial charge in [-0.1, -0.05) is 42.5 Å². The summed E-state index contributed by atoms with van der Waals surface area (Å²) < 4.78 is 10.7. The van der Waals surface area contributed by atoms with Crippen molar-refractivity contribution in [3.63, 3.8) is 0 Å². The fraction of sp³-hybridized carbons (Fsp3) is 0.211. The van der Waals surface area contributed by atoms with Crippen molar-refractivity contribution in [1.82, 2.24) is 0 Å². The highest BCUT2D eigenvalue weighted by Crippen LogP contribution is 2.34. The summed E-state index contributed by atoms with van der Waals surface area (Å²) in [4.78, 5) is 12.0. The van der Waals surface area contributed by atoms with Gasteiger partial charge in [-0.2, -0.15) is 0 Å². The van der Waals surface area contributed by atoms with Crippen molar-refractivity contribution in [1.29, 1.82) is 0 Å². The van der Waals surface area contributed by atoms with Crippen molar-refractivity contribution in [3.8, 4) is 5.75 Å². The summed E-state index contributed by atoms with van der Waals surface area (Å²) in [7, 11) is 1.64. The summed E-state index contributed by atoms with van der Waals surface area (Å²) in [6, 6.07) is 17.8. The lowest BCUT2D eigenvalue weighted by molar-refractivity contribution is -0.139. The monoisotopic (exact) mass is 294 g/mol. The van der Waals surface area contributed by atoms with Crippen molar-refractivity contribution in [3.05, 3.63) is 71.3 Å². The Balaban J connectivity index is 1.92. The van der Waals surface area contributed by atoms with E-state index in [1.807, 2.05) is 61.5 Å². The summed E-state index contributed by atoms with van der Waals surface area (Å²) in [6.45, 7) is 1.83. The zero-order valence-electron chi connectivity index (χ0n) is 12.7. The number of benzene rings is 2. The molecule has 0 saturated carbocycles. The van der Waals surface area contributed by atoms with Crippen molar-refractivity contribution in [2.24, 2.45) is 0 Å². The molecule has 2 aromatic carbocycles. The lowest BCUT2D eigenvalue weighted by Crippen LogP contribution is -2.14. The third kappa shape index (κ3) is 2.75. The van der Waals surface area contributed by atoms with Gasteiger partial charge >= 0.3 is 5.97 Å². The molecule has 0 radical (unpaired) electrons. The molecule has 0 amide bonds. The lowest BCUT2D eigenvalue weighted by atomic mass is 9.93. The summed E-state index contributed by atoms with van der Waals surface area (Å²) >= 11 is 0. The van der Waals surface area contributed by atoms with Gasteiger partial charge in [-0.15, -0.1) is 0 Å². The number of rotatable bonds is 4. The number of carbonyl (C=O) groups excluding carboxylic acids is 1. The smallest absolute Gasteiger partial charge is 0.334 e. The first-order chi connectivity index (χ1) is 10.7. The third-order valence-electron chi connectivity index (χ3n) is 3.95. The quantitative estimate of drug-likeness (QED) is 0.808. The van der Waals surface area contributed by atoms with Gasteiger partial charge in [-0.25, -0.2) is 4.79 Å². The molecule has 1 unspecified atom stereocenters. The van der Waals surface area contributed by atoms with Gasteiger partial charge < -0.3 is 9.47 Å². The van der Waals surface area contributed by atoms with E-state index >= 15 is 0 Å². The molecule has 0 N–H and O–H groups in total. The summed E-state index contributed by atoms with van der Waals surface area (Å²) in [5, 5.41) is 0. The van der Waals surface area contributed by atoms with Crippen LogP contribution in [0.5, 0.6) is 5.75 Å². The Kier molecular flexibility index (Phi) is 3.96. The number of hydrogen-bond acceptors (Lipinski definition) is 3. The molecule has 0 spiro atoms. The van der Waals surface area contributed by atoms with Crippen LogP contribution in [0.25, 0.3) is 5.57 Å². The maximum Gasteiger partial charge on any atom is 0.334 e. The Hall–Kier alpha value is -2.55. The van der Waals surface area contributed by atoms with Crippen LogP contribution in [0.4, 0.5) is 0 Å². The lowest BCUT2D eigenvalue weighted by Gasteiger charge is -2.15. The highest BCUT2D eigenvalue weighted by molar-refractivity contribution is 6.02. The van der Waals surface area contributed by atoms with Gasteiger partial charge in [0.1, 0.15) is 11.9 Å². The number of cyclic esters (lactones) is 1. The second kappa shape index (κ2) is 6.06. The first-order valence-corrected chi connectivity index (χ1v) is 7.29. The highest BCUT2D eigenvalue weighted by atomic mass is 16.5. The SMILES string of the molecule is COc1ccc(C2=C(C)C(=O)OC2Cc2ccccc2)cc1. The average molecular weight is 294 g/mol. The standard InChI is InChI=1S/C19H18O3/c1-13-18(15-8-10-16(21-2)11-9-15)17(22-19(13)20)12-14-6-4-3-5-7-14/h3-11,17H,12H2,1-2H3. The fourth-order valence-corrected chi connectivity index (χ4v) is 2.77. The van der Waals surface area contributed by atoms with Crippen LogP contribution in [-0.4, -0.2) is 19.2 Å². The Morgan fingerprint density at radius 1 is 1.05 bits per heavy atom. The number of hydrogen-bond donors (Lipinski definition) is 0. The maximum atomic E-state index is 12.0. The van der Waals surface area contributed by atoms with Crippen LogP contribution in [0.1, 0.15) is 18.1 Å². The summed E-state index contributed by atoms with van der Waals surface area (Å²) in [5.41, 5.74) is 3.81. The number of ether oxygens (including phenoxy) is 2. The molecule has 2 aromatic rings. The third-order valence-corrected chi connectivity index (χ3v) is 3.95. The highest BCUT2D eigenvalue weighted by Gasteiger charge is 2.32. The number of methoxy groups -OCH3 is 1. The summed E-state index contributed by atoms with van der Waals surface area (Å²) in [5.74, 6) is 0.568. The predicted molar refractivity (Wildman–Crippen MR) is 85.6 cm³/mol. The molecule has 0 bridgehead atoms. The normalized spacial score (nSPS) is 17.5. The minimum atomic E-state index is -0.233. The van der Waals surface area contributed by atoms with Gasteiger partial charge in [0.25, 0.3) is 0 Å². The molecular weight excluding hydrogens is 276 g/mol. The molecule has 1 heterocycles. The van der Waals surface area contributed by atoms with E-state index in [0.717, 1.165) is 22.4 Å². The van der Waals surface area contributed by atoms with Crippen LogP contribution >= 0.6 is 0 Å². The molecule has 3 heteroatoms. The Bertz CT molecular complexity index is 699. The topological polar surface area (TPSA) is 35.5 Å². The van der Waals surface area contributed by atoms with Crippen LogP contribution in [-0.2, 0) is 16.0 Å². The zero-order valence-corrected chi connectivity index (χ0v) is 12.7. The van der Waals surface area contributed by atoms with E-state index in [9.17, 15) is 4.79 Å². The Morgan fingerprint density at radius 2 is 1.73 bits per heavy atom. The molecule has 3 rings (SSSR count).